The molecule has 0 saturated heterocycles. The molecule has 0 N–H and O–H groups in total. The van der Waals surface area contributed by atoms with Gasteiger partial charge in [0.1, 0.15) is 11.2 Å². The van der Waals surface area contributed by atoms with Crippen LogP contribution < -0.4 is 20.7 Å². The maximum absolute atomic E-state index is 6.38. The van der Waals surface area contributed by atoms with Crippen LogP contribution in [0.25, 0.3) is 94.4 Å². The second-order valence-electron chi connectivity index (χ2n) is 16.9. The monoisotopic (exact) mass is 873 g/mol. The van der Waals surface area contributed by atoms with Crippen LogP contribution in [0.3, 0.4) is 0 Å². The third-order valence-corrected chi connectivity index (χ3v) is 18.1. The molecule has 0 saturated carbocycles. The van der Waals surface area contributed by atoms with Crippen LogP contribution in [-0.4, -0.2) is 32.6 Å². The van der Waals surface area contributed by atoms with E-state index >= 15 is 0 Å². The number of rotatable bonds is 8. The first-order valence-corrected chi connectivity index (χ1v) is 24.5. The van der Waals surface area contributed by atoms with E-state index in [2.05, 4.69) is 216 Å². The molecule has 314 valence electrons. The van der Waals surface area contributed by atoms with Gasteiger partial charge in [-0.2, -0.15) is 0 Å². The minimum Gasteiger partial charge on any atom is -0.456 e. The molecule has 0 aliphatic rings. The molecule has 0 radical (unpaired) electrons. The Hall–Kier alpha value is -8.78. The molecule has 9 aromatic carbocycles. The molecule has 0 bridgehead atoms. The van der Waals surface area contributed by atoms with Crippen LogP contribution in [0.2, 0.25) is 0 Å². The molecule has 0 fully saturated rings. The first kappa shape index (κ1) is 38.7. The molecule has 4 aromatic heterocycles. The van der Waals surface area contributed by atoms with Gasteiger partial charge < -0.3 is 8.98 Å². The van der Waals surface area contributed by atoms with E-state index in [0.717, 1.165) is 66.1 Å². The average molecular weight is 874 g/mol. The highest BCUT2D eigenvalue weighted by molar-refractivity contribution is 7.19. The van der Waals surface area contributed by atoms with Crippen molar-refractivity contribution in [1.82, 2.24) is 24.5 Å². The normalized spacial score (nSPS) is 11.9. The maximum Gasteiger partial charge on any atom is 0.179 e. The Balaban J connectivity index is 1.07. The number of aromatic nitrogens is 5. The predicted molar refractivity (Wildman–Crippen MR) is 277 cm³/mol. The SMILES string of the molecule is c1ccc([Si](c2ccccc2)(c2ccccc2)c2cccc(-c3nc(-c4ccc(-n5c6ccccc6c6ccccc65)c5ccccc45)nc(-c4cccc5oc6ccncc6c45)n3)c2)cc1. The summed E-state index contributed by atoms with van der Waals surface area (Å²) in [5, 5.41) is 11.5. The Labute approximate surface area is 387 Å². The summed E-state index contributed by atoms with van der Waals surface area (Å²) >= 11 is 0. The zero-order valence-corrected chi connectivity index (χ0v) is 37.2. The first-order valence-electron chi connectivity index (χ1n) is 22.5. The molecule has 0 aliphatic heterocycles. The summed E-state index contributed by atoms with van der Waals surface area (Å²) < 4.78 is 8.76. The van der Waals surface area contributed by atoms with E-state index in [9.17, 15) is 0 Å². The molecular weight excluding hydrogens is 835 g/mol. The van der Waals surface area contributed by atoms with Crippen molar-refractivity contribution in [2.75, 3.05) is 0 Å². The van der Waals surface area contributed by atoms with E-state index in [0.29, 0.717) is 17.5 Å². The lowest BCUT2D eigenvalue weighted by Crippen LogP contribution is -2.74. The number of benzene rings is 9. The van der Waals surface area contributed by atoms with E-state index in [1.807, 2.05) is 24.4 Å². The van der Waals surface area contributed by atoms with Crippen LogP contribution in [0.15, 0.2) is 241 Å². The number of pyridine rings is 1. The lowest BCUT2D eigenvalue weighted by Gasteiger charge is -2.34. The quantitative estimate of drug-likeness (QED) is 0.112. The largest absolute Gasteiger partial charge is 0.456 e. The molecule has 7 heteroatoms. The van der Waals surface area contributed by atoms with E-state index in [1.165, 1.54) is 31.5 Å². The molecule has 6 nitrogen and oxygen atoms in total. The Bertz CT molecular complexity index is 3850. The van der Waals surface area contributed by atoms with Crippen LogP contribution in [0.1, 0.15) is 0 Å². The van der Waals surface area contributed by atoms with Crippen molar-refractivity contribution in [2.24, 2.45) is 0 Å². The fourth-order valence-electron chi connectivity index (χ4n) is 10.4. The molecule has 0 atom stereocenters. The summed E-state index contributed by atoms with van der Waals surface area (Å²) in [6.07, 6.45) is 3.62. The van der Waals surface area contributed by atoms with Crippen LogP contribution in [0.5, 0.6) is 0 Å². The highest BCUT2D eigenvalue weighted by atomic mass is 28.3. The fraction of sp³-hybridized carbons (Fsp3) is 0. The van der Waals surface area contributed by atoms with Crippen LogP contribution in [0, 0.1) is 0 Å². The highest BCUT2D eigenvalue weighted by Crippen LogP contribution is 2.39. The van der Waals surface area contributed by atoms with Gasteiger partial charge in [0.15, 0.2) is 25.5 Å². The number of fused-ring (bicyclic) bond motifs is 7. The molecule has 4 heterocycles. The summed E-state index contributed by atoms with van der Waals surface area (Å²) in [4.78, 5) is 20.8. The van der Waals surface area contributed by atoms with Crippen LogP contribution >= 0.6 is 0 Å². The molecule has 0 amide bonds. The van der Waals surface area contributed by atoms with Gasteiger partial charge in [-0.25, -0.2) is 15.0 Å². The number of hydrogen-bond acceptors (Lipinski definition) is 5. The molecule has 13 rings (SSSR count). The van der Waals surface area contributed by atoms with Gasteiger partial charge >= 0.3 is 0 Å². The van der Waals surface area contributed by atoms with E-state index < -0.39 is 8.07 Å². The standard InChI is InChI=1S/C60H39N5OSi/c1-4-19-41(20-5-1)67(42-21-6-2-7-22-42,43-23-8-3-9-24-43)44-25-16-18-40(38-44)58-62-59(64-60(63-58)50-30-17-33-56-57(50)51-39-61-37-36-55(51)66-56)49-34-35-54(46-27-11-10-26-45(46)49)65-52-31-14-12-28-47(52)48-29-13-15-32-53(48)65/h1-39H. The van der Waals surface area contributed by atoms with Crippen molar-refractivity contribution in [2.45, 2.75) is 0 Å². The topological polar surface area (TPSA) is 69.6 Å². The summed E-state index contributed by atoms with van der Waals surface area (Å²) in [6.45, 7) is 0. The zero-order chi connectivity index (χ0) is 44.3. The Morgan fingerprint density at radius 2 is 0.910 bits per heavy atom. The van der Waals surface area contributed by atoms with Crippen LogP contribution in [-0.2, 0) is 0 Å². The van der Waals surface area contributed by atoms with E-state index in [-0.39, 0.29) is 0 Å². The summed E-state index contributed by atoms with van der Waals surface area (Å²) in [5.41, 5.74) is 7.56. The van der Waals surface area contributed by atoms with Gasteiger partial charge in [-0.15, -0.1) is 0 Å². The average Bonchev–Trinajstić information content (AvgIpc) is 3.96. The van der Waals surface area contributed by atoms with Crippen molar-refractivity contribution in [3.63, 3.8) is 0 Å². The van der Waals surface area contributed by atoms with Crippen molar-refractivity contribution in [3.05, 3.63) is 237 Å². The number of nitrogens with zero attached hydrogens (tertiary/aromatic N) is 5. The lowest BCUT2D eigenvalue weighted by atomic mass is 10.0. The molecule has 0 spiro atoms. The zero-order valence-electron chi connectivity index (χ0n) is 36.2. The molecule has 0 aliphatic carbocycles. The molecule has 13 aromatic rings. The number of hydrogen-bond donors (Lipinski definition) is 0. The Morgan fingerprint density at radius 3 is 1.57 bits per heavy atom. The van der Waals surface area contributed by atoms with Crippen molar-refractivity contribution in [1.29, 1.82) is 0 Å². The van der Waals surface area contributed by atoms with Gasteiger partial charge in [-0.3, -0.25) is 4.98 Å². The van der Waals surface area contributed by atoms with Gasteiger partial charge in [0.05, 0.1) is 16.7 Å². The summed E-state index contributed by atoms with van der Waals surface area (Å²) in [6, 6.07) is 80.1. The van der Waals surface area contributed by atoms with Crippen molar-refractivity contribution >= 4 is 83.3 Å². The smallest absolute Gasteiger partial charge is 0.179 e. The third kappa shape index (κ3) is 6.16. The van der Waals surface area contributed by atoms with Gasteiger partial charge in [0, 0.05) is 56.0 Å². The molecular formula is C60H39N5OSi. The first-order chi connectivity index (χ1) is 33.2. The fourth-order valence-corrected chi connectivity index (χ4v) is 15.2. The number of furan rings is 1. The van der Waals surface area contributed by atoms with E-state index in [1.54, 1.807) is 6.20 Å². The van der Waals surface area contributed by atoms with Crippen molar-refractivity contribution in [3.8, 4) is 39.9 Å². The minimum absolute atomic E-state index is 0.552. The number of para-hydroxylation sites is 2. The Morgan fingerprint density at radius 1 is 0.373 bits per heavy atom. The van der Waals surface area contributed by atoms with E-state index in [4.69, 9.17) is 19.4 Å². The highest BCUT2D eigenvalue weighted by Gasteiger charge is 2.41. The predicted octanol–water partition coefficient (Wildman–Crippen LogP) is 11.8. The summed E-state index contributed by atoms with van der Waals surface area (Å²) in [7, 11) is -2.88. The van der Waals surface area contributed by atoms with Gasteiger partial charge in [-0.05, 0) is 62.5 Å². The van der Waals surface area contributed by atoms with Gasteiger partial charge in [0.2, 0.25) is 0 Å². The molecule has 0 unspecified atom stereocenters. The third-order valence-electron chi connectivity index (χ3n) is 13.3. The minimum atomic E-state index is -2.88. The molecule has 67 heavy (non-hydrogen) atoms. The van der Waals surface area contributed by atoms with Crippen LogP contribution in [0.4, 0.5) is 0 Å². The summed E-state index contributed by atoms with van der Waals surface area (Å²) in [5.74, 6) is 1.71. The lowest BCUT2D eigenvalue weighted by molar-refractivity contribution is 0.668. The van der Waals surface area contributed by atoms with Crippen molar-refractivity contribution < 1.29 is 4.42 Å². The van der Waals surface area contributed by atoms with Gasteiger partial charge in [-0.1, -0.05) is 188 Å². The second kappa shape index (κ2) is 15.7. The van der Waals surface area contributed by atoms with Gasteiger partial charge in [0.25, 0.3) is 0 Å². The maximum atomic E-state index is 6.38. The second-order valence-corrected chi connectivity index (χ2v) is 20.7. The Kier molecular flexibility index (Phi) is 9.08.